The molecule has 140 valence electrons. The van der Waals surface area contributed by atoms with E-state index in [1.54, 1.807) is 23.7 Å². The fraction of sp³-hybridized carbons (Fsp3) is 0.273. The molecule has 1 amide bonds. The van der Waals surface area contributed by atoms with Crippen LogP contribution in [-0.4, -0.2) is 22.3 Å². The van der Waals surface area contributed by atoms with E-state index in [1.165, 1.54) is 4.88 Å². The molecule has 0 N–H and O–H groups in total. The molecule has 4 nitrogen and oxygen atoms in total. The van der Waals surface area contributed by atoms with Crippen molar-refractivity contribution in [2.45, 2.75) is 33.9 Å². The Morgan fingerprint density at radius 3 is 2.56 bits per heavy atom. The van der Waals surface area contributed by atoms with Crippen LogP contribution in [0.5, 0.6) is 5.75 Å². The molecule has 0 unspecified atom stereocenters. The Morgan fingerprint density at radius 2 is 1.96 bits per heavy atom. The summed E-state index contributed by atoms with van der Waals surface area (Å²) in [4.78, 5) is 20.1. The average Bonchev–Trinajstić information content (AvgIpc) is 3.19. The third kappa shape index (κ3) is 4.74. The van der Waals surface area contributed by atoms with Gasteiger partial charge in [0.2, 0.25) is 0 Å². The van der Waals surface area contributed by atoms with E-state index in [0.29, 0.717) is 25.3 Å². The molecule has 5 heteroatoms. The molecule has 0 aliphatic heterocycles. The molecule has 2 aromatic heterocycles. The number of pyridine rings is 1. The van der Waals surface area contributed by atoms with Crippen molar-refractivity contribution in [3.63, 3.8) is 0 Å². The van der Waals surface area contributed by atoms with E-state index in [1.807, 2.05) is 61.4 Å². The number of aromatic nitrogens is 1. The second kappa shape index (κ2) is 8.82. The maximum absolute atomic E-state index is 13.0. The first-order valence-electron chi connectivity index (χ1n) is 9.03. The number of carbonyl (C=O) groups excluding carboxylic acids is 1. The number of amides is 1. The van der Waals surface area contributed by atoms with Crippen LogP contribution in [-0.2, 0) is 13.2 Å². The maximum Gasteiger partial charge on any atom is 0.254 e. The van der Waals surface area contributed by atoms with E-state index in [-0.39, 0.29) is 5.91 Å². The molecule has 0 aliphatic rings. The van der Waals surface area contributed by atoms with Gasteiger partial charge in [0.1, 0.15) is 12.4 Å². The van der Waals surface area contributed by atoms with E-state index < -0.39 is 0 Å². The van der Waals surface area contributed by atoms with Crippen LogP contribution >= 0.6 is 11.3 Å². The van der Waals surface area contributed by atoms with Gasteiger partial charge in [-0.2, -0.15) is 0 Å². The second-order valence-corrected chi connectivity index (χ2v) is 7.52. The average molecular weight is 381 g/mol. The SMILES string of the molecule is CCN(Cc1cccs1)C(=O)c1cc(C)c(OCc2cccnc2)c(C)c1. The molecule has 3 rings (SSSR count). The number of aryl methyl sites for hydroxylation is 2. The van der Waals surface area contributed by atoms with Crippen LogP contribution in [0.2, 0.25) is 0 Å². The molecule has 0 saturated carbocycles. The van der Waals surface area contributed by atoms with E-state index in [9.17, 15) is 4.79 Å². The molecule has 3 aromatic rings. The van der Waals surface area contributed by atoms with Crippen molar-refractivity contribution >= 4 is 17.2 Å². The predicted molar refractivity (Wildman–Crippen MR) is 109 cm³/mol. The lowest BCUT2D eigenvalue weighted by molar-refractivity contribution is 0.0754. The Hall–Kier alpha value is -2.66. The van der Waals surface area contributed by atoms with Crippen LogP contribution in [0.1, 0.15) is 38.8 Å². The van der Waals surface area contributed by atoms with Crippen LogP contribution in [0.3, 0.4) is 0 Å². The third-order valence-corrected chi connectivity index (χ3v) is 5.27. The summed E-state index contributed by atoms with van der Waals surface area (Å²) in [6.07, 6.45) is 3.54. The molecule has 2 heterocycles. The van der Waals surface area contributed by atoms with Gasteiger partial charge in [-0.15, -0.1) is 11.3 Å². The molecule has 0 radical (unpaired) electrons. The van der Waals surface area contributed by atoms with E-state index in [2.05, 4.69) is 11.1 Å². The topological polar surface area (TPSA) is 42.4 Å². The predicted octanol–water partition coefficient (Wildman–Crippen LogP) is 5.00. The summed E-state index contributed by atoms with van der Waals surface area (Å²) in [7, 11) is 0. The van der Waals surface area contributed by atoms with E-state index in [4.69, 9.17) is 4.74 Å². The largest absolute Gasteiger partial charge is 0.488 e. The van der Waals surface area contributed by atoms with Gasteiger partial charge in [-0.05, 0) is 61.5 Å². The van der Waals surface area contributed by atoms with Crippen LogP contribution in [0.15, 0.2) is 54.2 Å². The molecule has 0 fully saturated rings. The highest BCUT2D eigenvalue weighted by atomic mass is 32.1. The van der Waals surface area contributed by atoms with Crippen molar-refractivity contribution in [3.05, 3.63) is 81.3 Å². The minimum absolute atomic E-state index is 0.0518. The molecular weight excluding hydrogens is 356 g/mol. The number of hydrogen-bond donors (Lipinski definition) is 0. The van der Waals surface area contributed by atoms with Crippen LogP contribution < -0.4 is 4.74 Å². The van der Waals surface area contributed by atoms with Crippen LogP contribution in [0.4, 0.5) is 0 Å². The number of thiophene rings is 1. The Bertz CT molecular complexity index is 869. The number of hydrogen-bond acceptors (Lipinski definition) is 4. The Morgan fingerprint density at radius 1 is 1.19 bits per heavy atom. The Balaban J connectivity index is 1.75. The van der Waals surface area contributed by atoms with E-state index in [0.717, 1.165) is 22.4 Å². The van der Waals surface area contributed by atoms with Gasteiger partial charge in [0.25, 0.3) is 5.91 Å². The molecule has 0 atom stereocenters. The van der Waals surface area contributed by atoms with Gasteiger partial charge in [0.05, 0.1) is 6.54 Å². The molecule has 0 saturated heterocycles. The van der Waals surface area contributed by atoms with Gasteiger partial charge >= 0.3 is 0 Å². The smallest absolute Gasteiger partial charge is 0.254 e. The molecule has 0 aliphatic carbocycles. The summed E-state index contributed by atoms with van der Waals surface area (Å²) in [5.74, 6) is 0.882. The van der Waals surface area contributed by atoms with Crippen LogP contribution in [0, 0.1) is 13.8 Å². The summed E-state index contributed by atoms with van der Waals surface area (Å²) in [6.45, 7) is 7.76. The summed E-state index contributed by atoms with van der Waals surface area (Å²) in [5, 5.41) is 2.04. The molecule has 1 aromatic carbocycles. The van der Waals surface area contributed by atoms with Crippen LogP contribution in [0.25, 0.3) is 0 Å². The van der Waals surface area contributed by atoms with Gasteiger partial charge in [-0.3, -0.25) is 9.78 Å². The number of nitrogens with zero attached hydrogens (tertiary/aromatic N) is 2. The van der Waals surface area contributed by atoms with Gasteiger partial charge in [-0.1, -0.05) is 12.1 Å². The summed E-state index contributed by atoms with van der Waals surface area (Å²) < 4.78 is 6.00. The first-order chi connectivity index (χ1) is 13.1. The summed E-state index contributed by atoms with van der Waals surface area (Å²) >= 11 is 1.67. The fourth-order valence-corrected chi connectivity index (χ4v) is 3.76. The second-order valence-electron chi connectivity index (χ2n) is 6.49. The Kier molecular flexibility index (Phi) is 6.24. The summed E-state index contributed by atoms with van der Waals surface area (Å²) in [6, 6.07) is 11.8. The minimum atomic E-state index is 0.0518. The number of benzene rings is 1. The molecule has 27 heavy (non-hydrogen) atoms. The van der Waals surface area contributed by atoms with Crippen molar-refractivity contribution in [1.29, 1.82) is 0 Å². The normalized spacial score (nSPS) is 10.6. The highest BCUT2D eigenvalue weighted by Gasteiger charge is 2.18. The van der Waals surface area contributed by atoms with Crippen molar-refractivity contribution < 1.29 is 9.53 Å². The number of ether oxygens (including phenoxy) is 1. The van der Waals surface area contributed by atoms with Crippen molar-refractivity contribution in [2.75, 3.05) is 6.54 Å². The zero-order chi connectivity index (χ0) is 19.2. The van der Waals surface area contributed by atoms with Gasteiger partial charge in [0.15, 0.2) is 0 Å². The fourth-order valence-electron chi connectivity index (χ4n) is 3.04. The number of rotatable bonds is 7. The first kappa shape index (κ1) is 19.1. The standard InChI is InChI=1S/C22H24N2O2S/c1-4-24(14-20-8-6-10-27-20)22(25)19-11-16(2)21(17(3)12-19)26-15-18-7-5-9-23-13-18/h5-13H,4,14-15H2,1-3H3. The van der Waals surface area contributed by atoms with Gasteiger partial charge in [-0.25, -0.2) is 0 Å². The minimum Gasteiger partial charge on any atom is -0.488 e. The Labute approximate surface area is 164 Å². The van der Waals surface area contributed by atoms with Gasteiger partial charge < -0.3 is 9.64 Å². The van der Waals surface area contributed by atoms with Gasteiger partial charge in [0, 0.05) is 34.9 Å². The maximum atomic E-state index is 13.0. The molecular formula is C22H24N2O2S. The quantitative estimate of drug-likeness (QED) is 0.579. The lowest BCUT2D eigenvalue weighted by Crippen LogP contribution is -2.30. The van der Waals surface area contributed by atoms with Crippen molar-refractivity contribution in [3.8, 4) is 5.75 Å². The number of carbonyl (C=O) groups is 1. The summed E-state index contributed by atoms with van der Waals surface area (Å²) in [5.41, 5.74) is 3.66. The highest BCUT2D eigenvalue weighted by Crippen LogP contribution is 2.27. The lowest BCUT2D eigenvalue weighted by Gasteiger charge is -2.21. The third-order valence-electron chi connectivity index (χ3n) is 4.41. The molecule has 0 bridgehead atoms. The monoisotopic (exact) mass is 380 g/mol. The first-order valence-corrected chi connectivity index (χ1v) is 9.91. The van der Waals surface area contributed by atoms with E-state index >= 15 is 0 Å². The zero-order valence-electron chi connectivity index (χ0n) is 15.9. The zero-order valence-corrected chi connectivity index (χ0v) is 16.8. The lowest BCUT2D eigenvalue weighted by atomic mass is 10.0. The highest BCUT2D eigenvalue weighted by molar-refractivity contribution is 7.09. The van der Waals surface area contributed by atoms with Crippen molar-refractivity contribution in [1.82, 2.24) is 9.88 Å². The van der Waals surface area contributed by atoms with Crippen molar-refractivity contribution in [2.24, 2.45) is 0 Å². The molecule has 0 spiro atoms.